The standard InChI is InChI=1S/C38H50ClN5O8/c1-8-20-13-38(20,33(47)48)43-31(45)24-11-21(51-26-12-27(40-19(2)3)41-29-23(26)9-10-25(50-7)28(29)39)16-44(24)32(46)30(35(4,5)6)42-34(49)52-22-14-36-17-37(36,15-22)18-36/h9-10,12,19-22,24,30H,8,11,13-18H2,1-7H3,(H,40,41)(H,42,49)(H,43,45)(H,47,48)/t20-,21-,22?,24+,30-,36?,37?,38-/m1/s1. The summed E-state index contributed by atoms with van der Waals surface area (Å²) in [4.78, 5) is 60.4. The van der Waals surface area contributed by atoms with Gasteiger partial charge in [0.1, 0.15) is 52.2 Å². The Morgan fingerprint density at radius 3 is 2.35 bits per heavy atom. The molecule has 14 heteroatoms. The molecule has 13 nitrogen and oxygen atoms in total. The van der Waals surface area contributed by atoms with Crippen LogP contribution in [0.2, 0.25) is 5.02 Å². The third-order valence-electron chi connectivity index (χ3n) is 12.1. The van der Waals surface area contributed by atoms with Crippen molar-refractivity contribution in [1.82, 2.24) is 20.5 Å². The fourth-order valence-corrected chi connectivity index (χ4v) is 9.29. The Morgan fingerprint density at radius 1 is 1.08 bits per heavy atom. The Hall–Kier alpha value is -4.00. The number of carboxylic acid groups (broad SMARTS) is 1. The quantitative estimate of drug-likeness (QED) is 0.218. The Morgan fingerprint density at radius 2 is 1.77 bits per heavy atom. The van der Waals surface area contributed by atoms with Crippen LogP contribution in [0.5, 0.6) is 11.5 Å². The molecular formula is C38H50ClN5O8. The van der Waals surface area contributed by atoms with Gasteiger partial charge in [0.05, 0.1) is 19.2 Å². The number of methoxy groups -OCH3 is 1. The molecule has 1 saturated heterocycles. The zero-order valence-electron chi connectivity index (χ0n) is 30.9. The first-order valence-corrected chi connectivity index (χ1v) is 18.8. The van der Waals surface area contributed by atoms with E-state index in [0.29, 0.717) is 56.9 Å². The molecule has 282 valence electrons. The SMILES string of the molecule is CC[C@@H]1C[C@]1(NC(=O)[C@@H]1C[C@@H](Oc2cc(NC(C)C)nc3c(Cl)c(OC)ccc23)CN1C(=O)[C@@H](NC(=O)OC1CC23CC2(C1)C3)C(C)(C)C)C(=O)O. The van der Waals surface area contributed by atoms with Gasteiger partial charge in [0, 0.05) is 23.9 Å². The molecule has 4 saturated carbocycles. The van der Waals surface area contributed by atoms with Gasteiger partial charge in [0.2, 0.25) is 11.8 Å². The second kappa shape index (κ2) is 12.6. The number of carboxylic acids is 1. The molecule has 0 spiro atoms. The lowest BCUT2D eigenvalue weighted by Gasteiger charge is -2.35. The zero-order chi connectivity index (χ0) is 37.5. The highest BCUT2D eigenvalue weighted by Crippen LogP contribution is 2.93. The second-order valence-electron chi connectivity index (χ2n) is 17.1. The van der Waals surface area contributed by atoms with Crippen LogP contribution in [-0.4, -0.2) is 88.4 Å². The molecule has 5 aliphatic rings. The van der Waals surface area contributed by atoms with Crippen molar-refractivity contribution in [2.75, 3.05) is 19.0 Å². The summed E-state index contributed by atoms with van der Waals surface area (Å²) in [5.74, 6) is -0.975. The molecule has 7 rings (SSSR count). The lowest BCUT2D eigenvalue weighted by molar-refractivity contribution is -0.146. The van der Waals surface area contributed by atoms with E-state index in [1.165, 1.54) is 24.9 Å². The highest BCUT2D eigenvalue weighted by molar-refractivity contribution is 6.36. The molecule has 5 fully saturated rings. The fraction of sp³-hybridized carbons (Fsp3) is 0.658. The Bertz CT molecular complexity index is 1810. The van der Waals surface area contributed by atoms with Gasteiger partial charge >= 0.3 is 12.1 Å². The molecule has 0 unspecified atom stereocenters. The largest absolute Gasteiger partial charge is 0.495 e. The van der Waals surface area contributed by atoms with E-state index in [2.05, 4.69) is 16.0 Å². The molecule has 0 bridgehead atoms. The van der Waals surface area contributed by atoms with Crippen molar-refractivity contribution in [2.24, 2.45) is 22.2 Å². The van der Waals surface area contributed by atoms with Crippen molar-refractivity contribution in [1.29, 1.82) is 0 Å². The molecule has 1 aromatic heterocycles. The average molecular weight is 740 g/mol. The number of carbonyl (C=O) groups is 4. The minimum atomic E-state index is -1.39. The maximum atomic E-state index is 14.6. The van der Waals surface area contributed by atoms with Gasteiger partial charge in [-0.3, -0.25) is 9.59 Å². The number of pyridine rings is 1. The third kappa shape index (κ3) is 6.26. The topological polar surface area (TPSA) is 168 Å². The Balaban J connectivity index is 1.16. The summed E-state index contributed by atoms with van der Waals surface area (Å²) >= 11 is 6.71. The van der Waals surface area contributed by atoms with Gasteiger partial charge in [-0.1, -0.05) is 45.7 Å². The van der Waals surface area contributed by atoms with E-state index < -0.39 is 53.0 Å². The average Bonchev–Trinajstić information content (AvgIpc) is 3.93. The van der Waals surface area contributed by atoms with Crippen LogP contribution in [0.15, 0.2) is 18.2 Å². The number of hydrogen-bond donors (Lipinski definition) is 4. The summed E-state index contributed by atoms with van der Waals surface area (Å²) in [5.41, 5.74) is -0.944. The van der Waals surface area contributed by atoms with Crippen molar-refractivity contribution in [2.45, 2.75) is 122 Å². The van der Waals surface area contributed by atoms with Crippen molar-refractivity contribution < 1.29 is 38.5 Å². The number of hydrogen-bond acceptors (Lipinski definition) is 9. The molecule has 1 aliphatic heterocycles. The number of carbonyl (C=O) groups excluding carboxylic acids is 3. The van der Waals surface area contributed by atoms with Crippen LogP contribution in [0.1, 0.15) is 86.5 Å². The van der Waals surface area contributed by atoms with E-state index >= 15 is 0 Å². The van der Waals surface area contributed by atoms with Gasteiger partial charge in [-0.15, -0.1) is 0 Å². The first-order chi connectivity index (χ1) is 24.4. The number of anilines is 1. The van der Waals surface area contributed by atoms with E-state index in [1.807, 2.05) is 41.5 Å². The number of fused-ring (bicyclic) bond motifs is 1. The summed E-state index contributed by atoms with van der Waals surface area (Å²) in [6.45, 7) is 11.4. The van der Waals surface area contributed by atoms with Gasteiger partial charge in [0.15, 0.2) is 0 Å². The number of rotatable bonds is 12. The van der Waals surface area contributed by atoms with E-state index in [9.17, 15) is 24.3 Å². The first kappa shape index (κ1) is 36.4. The van der Waals surface area contributed by atoms with Gasteiger partial charge in [-0.25, -0.2) is 14.6 Å². The van der Waals surface area contributed by atoms with Crippen LogP contribution in [0, 0.1) is 22.2 Å². The van der Waals surface area contributed by atoms with Crippen LogP contribution < -0.4 is 25.4 Å². The van der Waals surface area contributed by atoms with E-state index in [4.69, 9.17) is 30.8 Å². The molecule has 4 N–H and O–H groups in total. The third-order valence-corrected chi connectivity index (χ3v) is 12.5. The summed E-state index contributed by atoms with van der Waals surface area (Å²) in [5, 5.41) is 19.9. The van der Waals surface area contributed by atoms with Gasteiger partial charge in [-0.2, -0.15) is 0 Å². The van der Waals surface area contributed by atoms with Crippen LogP contribution in [0.4, 0.5) is 10.6 Å². The predicted molar refractivity (Wildman–Crippen MR) is 193 cm³/mol. The van der Waals surface area contributed by atoms with Crippen LogP contribution in [0.25, 0.3) is 10.9 Å². The van der Waals surface area contributed by atoms with Crippen LogP contribution in [-0.2, 0) is 19.1 Å². The first-order valence-electron chi connectivity index (χ1n) is 18.4. The molecule has 3 amide bonds. The van der Waals surface area contributed by atoms with Gasteiger partial charge in [-0.05, 0) is 80.2 Å². The Labute approximate surface area is 308 Å². The highest BCUT2D eigenvalue weighted by Gasteiger charge is 2.86. The number of aromatic nitrogens is 1. The number of aliphatic carboxylic acids is 1. The van der Waals surface area contributed by atoms with Crippen molar-refractivity contribution in [3.8, 4) is 11.5 Å². The van der Waals surface area contributed by atoms with Crippen molar-refractivity contribution >= 4 is 52.2 Å². The number of nitrogens with one attached hydrogen (secondary N) is 3. The lowest BCUT2D eigenvalue weighted by atomic mass is 9.85. The van der Waals surface area contributed by atoms with Gasteiger partial charge in [0.25, 0.3) is 0 Å². The van der Waals surface area contributed by atoms with Crippen LogP contribution >= 0.6 is 11.6 Å². The molecule has 5 atom stereocenters. The van der Waals surface area contributed by atoms with E-state index in [-0.39, 0.29) is 31.0 Å². The molecule has 4 aliphatic carbocycles. The fourth-order valence-electron chi connectivity index (χ4n) is 9.00. The van der Waals surface area contributed by atoms with Crippen molar-refractivity contribution in [3.05, 3.63) is 23.2 Å². The number of alkyl carbamates (subject to hydrolysis) is 1. The van der Waals surface area contributed by atoms with E-state index in [1.54, 1.807) is 18.2 Å². The summed E-state index contributed by atoms with van der Waals surface area (Å²) in [7, 11) is 1.52. The summed E-state index contributed by atoms with van der Waals surface area (Å²) < 4.78 is 17.9. The lowest BCUT2D eigenvalue weighted by Crippen LogP contribution is -2.59. The minimum absolute atomic E-state index is 0.00577. The predicted octanol–water partition coefficient (Wildman–Crippen LogP) is 5.52. The van der Waals surface area contributed by atoms with Crippen LogP contribution in [0.3, 0.4) is 0 Å². The maximum Gasteiger partial charge on any atom is 0.408 e. The number of nitrogens with zero attached hydrogens (tertiary/aromatic N) is 2. The van der Waals surface area contributed by atoms with Gasteiger partial charge < -0.3 is 40.2 Å². The molecular weight excluding hydrogens is 690 g/mol. The highest BCUT2D eigenvalue weighted by atomic mass is 35.5. The monoisotopic (exact) mass is 739 g/mol. The molecule has 1 aromatic carbocycles. The Kier molecular flexibility index (Phi) is 8.78. The number of benzene rings is 1. The molecule has 2 aromatic rings. The zero-order valence-corrected chi connectivity index (χ0v) is 31.7. The smallest absolute Gasteiger partial charge is 0.408 e. The molecule has 52 heavy (non-hydrogen) atoms. The minimum Gasteiger partial charge on any atom is -0.495 e. The molecule has 2 heterocycles. The summed E-state index contributed by atoms with van der Waals surface area (Å²) in [6, 6.07) is 3.21. The molecule has 0 radical (unpaired) electrons. The maximum absolute atomic E-state index is 14.6. The number of halogens is 1. The summed E-state index contributed by atoms with van der Waals surface area (Å²) in [6.07, 6.45) is 3.65. The number of ether oxygens (including phenoxy) is 3. The number of likely N-dealkylation sites (tertiary alicyclic amines) is 1. The van der Waals surface area contributed by atoms with Crippen molar-refractivity contribution in [3.63, 3.8) is 0 Å². The second-order valence-corrected chi connectivity index (χ2v) is 17.5. The number of amides is 3. The van der Waals surface area contributed by atoms with E-state index in [0.717, 1.165) is 12.8 Å². The normalized spacial score (nSPS) is 31.7.